The fraction of sp³-hybridized carbons (Fsp3) is 0.467. The van der Waals surface area contributed by atoms with Gasteiger partial charge >= 0.3 is 0 Å². The molecule has 0 heterocycles. The van der Waals surface area contributed by atoms with Crippen molar-refractivity contribution in [2.75, 3.05) is 13.2 Å². The van der Waals surface area contributed by atoms with Gasteiger partial charge in [0.15, 0.2) is 0 Å². The fourth-order valence-corrected chi connectivity index (χ4v) is 1.86. The fourth-order valence-electron chi connectivity index (χ4n) is 1.86. The van der Waals surface area contributed by atoms with E-state index in [9.17, 15) is 10.1 Å². The van der Waals surface area contributed by atoms with E-state index < -0.39 is 0 Å². The van der Waals surface area contributed by atoms with Crippen LogP contribution in [-0.4, -0.2) is 24.2 Å². The van der Waals surface area contributed by atoms with Crippen molar-refractivity contribution in [3.8, 4) is 12.3 Å². The minimum Gasteiger partial charge on any atom is -0.370 e. The molecule has 0 spiro atoms. The van der Waals surface area contributed by atoms with Crippen LogP contribution in [-0.2, 0) is 11.2 Å². The zero-order valence-electron chi connectivity index (χ0n) is 11.0. The highest BCUT2D eigenvalue weighted by molar-refractivity contribution is 5.14. The van der Waals surface area contributed by atoms with Gasteiger partial charge in [0.25, 0.3) is 0 Å². The Kier molecular flexibility index (Phi) is 7.30. The standard InChI is InChI=1S/C15H19NO3/c1-2-3-12-19-15(13-16(17)18)11-7-10-14-8-5-4-6-9-14/h1,4-6,8-9,15H,3,7,10-13H2. The number of hydrogen-bond acceptors (Lipinski definition) is 3. The van der Waals surface area contributed by atoms with Crippen molar-refractivity contribution in [1.29, 1.82) is 0 Å². The largest absolute Gasteiger partial charge is 0.370 e. The Labute approximate surface area is 113 Å². The second-order valence-corrected chi connectivity index (χ2v) is 4.34. The Morgan fingerprint density at radius 2 is 2.11 bits per heavy atom. The molecule has 19 heavy (non-hydrogen) atoms. The third-order valence-electron chi connectivity index (χ3n) is 2.79. The van der Waals surface area contributed by atoms with Crippen LogP contribution in [0.3, 0.4) is 0 Å². The number of nitro groups is 1. The maximum absolute atomic E-state index is 10.6. The highest BCUT2D eigenvalue weighted by Gasteiger charge is 2.15. The van der Waals surface area contributed by atoms with Crippen LogP contribution in [0, 0.1) is 22.5 Å². The van der Waals surface area contributed by atoms with Crippen molar-refractivity contribution < 1.29 is 9.66 Å². The highest BCUT2D eigenvalue weighted by Crippen LogP contribution is 2.09. The molecule has 0 saturated heterocycles. The molecule has 0 aliphatic heterocycles. The van der Waals surface area contributed by atoms with Crippen LogP contribution in [0.5, 0.6) is 0 Å². The van der Waals surface area contributed by atoms with Crippen LogP contribution in [0.1, 0.15) is 24.8 Å². The zero-order valence-corrected chi connectivity index (χ0v) is 11.0. The molecule has 0 aliphatic carbocycles. The molecular weight excluding hydrogens is 242 g/mol. The molecule has 0 N–H and O–H groups in total. The average Bonchev–Trinajstić information content (AvgIpc) is 2.39. The van der Waals surface area contributed by atoms with E-state index in [1.165, 1.54) is 5.56 Å². The van der Waals surface area contributed by atoms with Gasteiger partial charge in [-0.15, -0.1) is 12.3 Å². The normalized spacial score (nSPS) is 11.7. The first-order valence-corrected chi connectivity index (χ1v) is 6.43. The lowest BCUT2D eigenvalue weighted by Gasteiger charge is -2.13. The monoisotopic (exact) mass is 261 g/mol. The maximum atomic E-state index is 10.6. The maximum Gasteiger partial charge on any atom is 0.229 e. The summed E-state index contributed by atoms with van der Waals surface area (Å²) in [5.41, 5.74) is 1.24. The SMILES string of the molecule is C#CCCOC(CCCc1ccccc1)C[N+](=O)[O-]. The summed E-state index contributed by atoms with van der Waals surface area (Å²) in [4.78, 5) is 10.2. The van der Waals surface area contributed by atoms with Gasteiger partial charge in [0.05, 0.1) is 6.61 Å². The van der Waals surface area contributed by atoms with Crippen LogP contribution in [0.4, 0.5) is 0 Å². The summed E-state index contributed by atoms with van der Waals surface area (Å²) in [6.07, 6.45) is 7.75. The van der Waals surface area contributed by atoms with Gasteiger partial charge in [-0.05, 0) is 24.8 Å². The molecule has 1 rings (SSSR count). The number of rotatable bonds is 9. The number of benzene rings is 1. The predicted octanol–water partition coefficient (Wildman–Crippen LogP) is 2.69. The average molecular weight is 261 g/mol. The lowest BCUT2D eigenvalue weighted by molar-refractivity contribution is -0.491. The molecule has 102 valence electrons. The molecule has 4 nitrogen and oxygen atoms in total. The summed E-state index contributed by atoms with van der Waals surface area (Å²) in [5.74, 6) is 2.46. The molecule has 0 amide bonds. The van der Waals surface area contributed by atoms with Crippen LogP contribution < -0.4 is 0 Å². The first-order chi connectivity index (χ1) is 9.22. The Hall–Kier alpha value is -1.86. The van der Waals surface area contributed by atoms with Gasteiger partial charge in [0, 0.05) is 11.3 Å². The van der Waals surface area contributed by atoms with Gasteiger partial charge in [0.1, 0.15) is 6.10 Å². The van der Waals surface area contributed by atoms with Crippen LogP contribution in [0.25, 0.3) is 0 Å². The quantitative estimate of drug-likeness (QED) is 0.297. The van der Waals surface area contributed by atoms with Crippen molar-refractivity contribution in [1.82, 2.24) is 0 Å². The molecule has 0 saturated carbocycles. The summed E-state index contributed by atoms with van der Waals surface area (Å²) in [6, 6.07) is 10.1. The van der Waals surface area contributed by atoms with Crippen LogP contribution >= 0.6 is 0 Å². The molecule has 1 atom stereocenters. The number of nitrogens with zero attached hydrogens (tertiary/aromatic N) is 1. The van der Waals surface area contributed by atoms with Gasteiger partial charge in [0.2, 0.25) is 6.54 Å². The molecule has 0 aliphatic rings. The summed E-state index contributed by atoms with van der Waals surface area (Å²) in [6.45, 7) is 0.236. The molecule has 1 aromatic rings. The predicted molar refractivity (Wildman–Crippen MR) is 74.4 cm³/mol. The van der Waals surface area contributed by atoms with E-state index in [0.717, 1.165) is 12.8 Å². The second-order valence-electron chi connectivity index (χ2n) is 4.34. The molecular formula is C15H19NO3. The summed E-state index contributed by atoms with van der Waals surface area (Å²) >= 11 is 0. The number of terminal acetylenes is 1. The zero-order chi connectivity index (χ0) is 13.9. The first-order valence-electron chi connectivity index (χ1n) is 6.43. The van der Waals surface area contributed by atoms with E-state index in [-0.39, 0.29) is 17.6 Å². The Balaban J connectivity index is 2.31. The Morgan fingerprint density at radius 1 is 1.37 bits per heavy atom. The topological polar surface area (TPSA) is 52.4 Å². The molecule has 1 aromatic carbocycles. The minimum atomic E-state index is -0.341. The van der Waals surface area contributed by atoms with E-state index in [0.29, 0.717) is 19.4 Å². The number of aryl methyl sites for hydroxylation is 1. The van der Waals surface area contributed by atoms with Crippen LogP contribution in [0.15, 0.2) is 30.3 Å². The summed E-state index contributed by atoms with van der Waals surface area (Å²) in [7, 11) is 0. The van der Waals surface area contributed by atoms with Gasteiger partial charge < -0.3 is 4.74 Å². The Morgan fingerprint density at radius 3 is 2.74 bits per heavy atom. The molecule has 0 radical (unpaired) electrons. The third-order valence-corrected chi connectivity index (χ3v) is 2.79. The Bertz CT molecular complexity index is 411. The summed E-state index contributed by atoms with van der Waals surface area (Å²) in [5, 5.41) is 10.6. The molecule has 4 heteroatoms. The van der Waals surface area contributed by atoms with Gasteiger partial charge in [-0.1, -0.05) is 30.3 Å². The van der Waals surface area contributed by atoms with E-state index in [1.54, 1.807) is 0 Å². The lowest BCUT2D eigenvalue weighted by Crippen LogP contribution is -2.24. The van der Waals surface area contributed by atoms with Gasteiger partial charge in [-0.25, -0.2) is 0 Å². The van der Waals surface area contributed by atoms with Crippen LogP contribution in [0.2, 0.25) is 0 Å². The van der Waals surface area contributed by atoms with E-state index in [4.69, 9.17) is 11.2 Å². The first kappa shape index (κ1) is 15.2. The minimum absolute atomic E-state index is 0.153. The molecule has 1 unspecified atom stereocenters. The highest BCUT2D eigenvalue weighted by atomic mass is 16.6. The second kappa shape index (κ2) is 9.12. The molecule has 0 aromatic heterocycles. The van der Waals surface area contributed by atoms with E-state index in [2.05, 4.69) is 18.1 Å². The van der Waals surface area contributed by atoms with Crippen molar-refractivity contribution in [3.63, 3.8) is 0 Å². The molecule has 0 fully saturated rings. The molecule has 0 bridgehead atoms. The van der Waals surface area contributed by atoms with E-state index >= 15 is 0 Å². The lowest BCUT2D eigenvalue weighted by atomic mass is 10.1. The number of ether oxygens (including phenoxy) is 1. The van der Waals surface area contributed by atoms with Crippen molar-refractivity contribution in [2.45, 2.75) is 31.8 Å². The van der Waals surface area contributed by atoms with Crippen molar-refractivity contribution >= 4 is 0 Å². The van der Waals surface area contributed by atoms with Crippen molar-refractivity contribution in [3.05, 3.63) is 46.0 Å². The van der Waals surface area contributed by atoms with Gasteiger partial charge in [-0.3, -0.25) is 10.1 Å². The van der Waals surface area contributed by atoms with Crippen molar-refractivity contribution in [2.24, 2.45) is 0 Å². The smallest absolute Gasteiger partial charge is 0.229 e. The third kappa shape index (κ3) is 7.22. The van der Waals surface area contributed by atoms with Gasteiger partial charge in [-0.2, -0.15) is 0 Å². The summed E-state index contributed by atoms with van der Waals surface area (Å²) < 4.78 is 5.45. The number of hydrogen-bond donors (Lipinski definition) is 0. The van der Waals surface area contributed by atoms with E-state index in [1.807, 2.05) is 18.2 Å².